The van der Waals surface area contributed by atoms with Gasteiger partial charge in [-0.05, 0) is 54.8 Å². The fourth-order valence-electron chi connectivity index (χ4n) is 3.76. The third-order valence-corrected chi connectivity index (χ3v) is 6.48. The van der Waals surface area contributed by atoms with Crippen LogP contribution in [0.3, 0.4) is 0 Å². The summed E-state index contributed by atoms with van der Waals surface area (Å²) in [6.07, 6.45) is 6.30. The van der Waals surface area contributed by atoms with Crippen LogP contribution in [0.1, 0.15) is 41.6 Å². The standard InChI is InChI=1S/C23H24N2O3S/c1-25-19-14-16(22(26)24-17-7-3-4-8-17)10-11-20(19)29-21(23(25)27)13-15-6-5-9-18(12-15)28-2/h5-6,9-14,17H,3-4,7-8H2,1-2H3,(H,24,26)/b21-13-. The molecular weight excluding hydrogens is 384 g/mol. The highest BCUT2D eigenvalue weighted by Crippen LogP contribution is 2.42. The quantitative estimate of drug-likeness (QED) is 0.758. The maximum Gasteiger partial charge on any atom is 0.264 e. The number of benzene rings is 2. The van der Waals surface area contributed by atoms with Gasteiger partial charge in [0.15, 0.2) is 0 Å². The first-order valence-corrected chi connectivity index (χ1v) is 10.6. The van der Waals surface area contributed by atoms with Gasteiger partial charge in [-0.1, -0.05) is 36.7 Å². The van der Waals surface area contributed by atoms with Crippen LogP contribution in [0.2, 0.25) is 0 Å². The highest BCUT2D eigenvalue weighted by Gasteiger charge is 2.28. The molecule has 1 aliphatic carbocycles. The summed E-state index contributed by atoms with van der Waals surface area (Å²) < 4.78 is 5.26. The zero-order valence-corrected chi connectivity index (χ0v) is 17.4. The number of rotatable bonds is 4. The van der Waals surface area contributed by atoms with Crippen molar-refractivity contribution in [1.29, 1.82) is 0 Å². The largest absolute Gasteiger partial charge is 0.497 e. The van der Waals surface area contributed by atoms with E-state index in [1.165, 1.54) is 24.6 Å². The van der Waals surface area contributed by atoms with Gasteiger partial charge in [-0.15, -0.1) is 0 Å². The van der Waals surface area contributed by atoms with Crippen LogP contribution in [-0.2, 0) is 4.79 Å². The van der Waals surface area contributed by atoms with Gasteiger partial charge in [0.1, 0.15) is 5.75 Å². The van der Waals surface area contributed by atoms with E-state index in [-0.39, 0.29) is 17.9 Å². The SMILES string of the molecule is COc1cccc(/C=C2\Sc3ccc(C(=O)NC4CCCC4)cc3N(C)C2=O)c1. The van der Waals surface area contributed by atoms with E-state index in [4.69, 9.17) is 4.74 Å². The Balaban J connectivity index is 1.58. The first-order valence-electron chi connectivity index (χ1n) is 9.82. The first kappa shape index (κ1) is 19.6. The number of likely N-dealkylation sites (N-methyl/N-ethyl adjacent to an activating group) is 1. The van der Waals surface area contributed by atoms with E-state index in [1.54, 1.807) is 19.1 Å². The number of carbonyl (C=O) groups is 2. The fraction of sp³-hybridized carbons (Fsp3) is 0.304. The monoisotopic (exact) mass is 408 g/mol. The van der Waals surface area contributed by atoms with Gasteiger partial charge in [0, 0.05) is 23.5 Å². The van der Waals surface area contributed by atoms with Gasteiger partial charge in [-0.3, -0.25) is 9.59 Å². The van der Waals surface area contributed by atoms with Gasteiger partial charge in [-0.25, -0.2) is 0 Å². The van der Waals surface area contributed by atoms with Gasteiger partial charge in [-0.2, -0.15) is 0 Å². The highest BCUT2D eigenvalue weighted by molar-refractivity contribution is 8.04. The molecule has 6 heteroatoms. The Morgan fingerprint density at radius 1 is 1.21 bits per heavy atom. The molecule has 150 valence electrons. The van der Waals surface area contributed by atoms with Crippen LogP contribution in [0.4, 0.5) is 5.69 Å². The molecule has 2 aromatic rings. The number of fused-ring (bicyclic) bond motifs is 1. The van der Waals surface area contributed by atoms with Crippen molar-refractivity contribution >= 4 is 35.3 Å². The van der Waals surface area contributed by atoms with Crippen molar-refractivity contribution in [2.45, 2.75) is 36.6 Å². The number of ether oxygens (including phenoxy) is 1. The molecule has 5 nitrogen and oxygen atoms in total. The molecule has 0 radical (unpaired) electrons. The zero-order chi connectivity index (χ0) is 20.4. The number of thioether (sulfide) groups is 1. The number of amides is 2. The molecule has 1 fully saturated rings. The summed E-state index contributed by atoms with van der Waals surface area (Å²) in [6, 6.07) is 13.4. The number of nitrogens with zero attached hydrogens (tertiary/aromatic N) is 1. The van der Waals surface area contributed by atoms with Crippen LogP contribution in [0.5, 0.6) is 5.75 Å². The lowest BCUT2D eigenvalue weighted by Crippen LogP contribution is -2.33. The molecule has 0 saturated heterocycles. The van der Waals surface area contributed by atoms with Gasteiger partial charge < -0.3 is 15.0 Å². The summed E-state index contributed by atoms with van der Waals surface area (Å²) in [7, 11) is 3.37. The lowest BCUT2D eigenvalue weighted by atomic mass is 10.1. The molecule has 0 bridgehead atoms. The van der Waals surface area contributed by atoms with Gasteiger partial charge >= 0.3 is 0 Å². The average molecular weight is 409 g/mol. The second-order valence-electron chi connectivity index (χ2n) is 7.39. The normalized spacial score (nSPS) is 18.1. The summed E-state index contributed by atoms with van der Waals surface area (Å²) in [5.41, 5.74) is 2.27. The third-order valence-electron chi connectivity index (χ3n) is 5.40. The maximum absolute atomic E-state index is 12.9. The predicted molar refractivity (Wildman–Crippen MR) is 116 cm³/mol. The van der Waals surface area contributed by atoms with Crippen LogP contribution in [0.25, 0.3) is 6.08 Å². The van der Waals surface area contributed by atoms with Crippen molar-refractivity contribution in [3.05, 3.63) is 58.5 Å². The molecule has 0 spiro atoms. The minimum atomic E-state index is -0.0846. The summed E-state index contributed by atoms with van der Waals surface area (Å²) >= 11 is 1.43. The van der Waals surface area contributed by atoms with Crippen molar-refractivity contribution in [3.63, 3.8) is 0 Å². The van der Waals surface area contributed by atoms with Crippen LogP contribution in [-0.4, -0.2) is 32.0 Å². The Labute approximate surface area is 175 Å². The Morgan fingerprint density at radius 2 is 2.00 bits per heavy atom. The molecule has 1 heterocycles. The van der Waals surface area contributed by atoms with Crippen LogP contribution >= 0.6 is 11.8 Å². The molecular formula is C23H24N2O3S. The van der Waals surface area contributed by atoms with E-state index >= 15 is 0 Å². The summed E-state index contributed by atoms with van der Waals surface area (Å²) in [5.74, 6) is 0.598. The number of methoxy groups -OCH3 is 1. The molecule has 2 amide bonds. The Hall–Kier alpha value is -2.73. The zero-order valence-electron chi connectivity index (χ0n) is 16.6. The Morgan fingerprint density at radius 3 is 2.76 bits per heavy atom. The summed E-state index contributed by atoms with van der Waals surface area (Å²) in [5, 5.41) is 3.11. The van der Waals surface area contributed by atoms with E-state index in [9.17, 15) is 9.59 Å². The molecule has 2 aromatic carbocycles. The number of hydrogen-bond acceptors (Lipinski definition) is 4. The Kier molecular flexibility index (Phi) is 5.62. The first-order chi connectivity index (χ1) is 14.0. The van der Waals surface area contributed by atoms with E-state index in [0.29, 0.717) is 10.5 Å². The van der Waals surface area contributed by atoms with Crippen molar-refractivity contribution in [2.75, 3.05) is 19.1 Å². The van der Waals surface area contributed by atoms with Crippen molar-refractivity contribution in [3.8, 4) is 5.75 Å². The molecule has 1 aliphatic heterocycles. The third kappa shape index (κ3) is 4.17. The molecule has 4 rings (SSSR count). The molecule has 0 unspecified atom stereocenters. The van der Waals surface area contributed by atoms with Crippen LogP contribution in [0, 0.1) is 0 Å². The summed E-state index contributed by atoms with van der Waals surface area (Å²) in [6.45, 7) is 0. The summed E-state index contributed by atoms with van der Waals surface area (Å²) in [4.78, 5) is 28.7. The molecule has 0 aromatic heterocycles. The van der Waals surface area contributed by atoms with E-state index in [2.05, 4.69) is 5.32 Å². The van der Waals surface area contributed by atoms with E-state index in [0.717, 1.165) is 34.7 Å². The van der Waals surface area contributed by atoms with Gasteiger partial charge in [0.05, 0.1) is 17.7 Å². The number of hydrogen-bond donors (Lipinski definition) is 1. The Bertz CT molecular complexity index is 980. The number of nitrogens with one attached hydrogen (secondary N) is 1. The molecule has 1 N–H and O–H groups in total. The van der Waals surface area contributed by atoms with E-state index < -0.39 is 0 Å². The highest BCUT2D eigenvalue weighted by atomic mass is 32.2. The minimum absolute atomic E-state index is 0.0664. The minimum Gasteiger partial charge on any atom is -0.497 e. The second kappa shape index (κ2) is 8.33. The van der Waals surface area contributed by atoms with Gasteiger partial charge in [0.25, 0.3) is 11.8 Å². The predicted octanol–water partition coefficient (Wildman–Crippen LogP) is 4.48. The van der Waals surface area contributed by atoms with Crippen molar-refractivity contribution in [1.82, 2.24) is 5.32 Å². The number of carbonyl (C=O) groups excluding carboxylic acids is 2. The lowest BCUT2D eigenvalue weighted by Gasteiger charge is -2.27. The fourth-order valence-corrected chi connectivity index (χ4v) is 4.85. The average Bonchev–Trinajstić information content (AvgIpc) is 3.24. The van der Waals surface area contributed by atoms with Crippen molar-refractivity contribution < 1.29 is 14.3 Å². The number of anilines is 1. The second-order valence-corrected chi connectivity index (χ2v) is 8.47. The van der Waals surface area contributed by atoms with Crippen LogP contribution in [0.15, 0.2) is 52.3 Å². The van der Waals surface area contributed by atoms with Crippen molar-refractivity contribution in [2.24, 2.45) is 0 Å². The van der Waals surface area contributed by atoms with E-state index in [1.807, 2.05) is 48.5 Å². The molecule has 2 aliphatic rings. The maximum atomic E-state index is 12.9. The smallest absolute Gasteiger partial charge is 0.264 e. The van der Waals surface area contributed by atoms with Crippen LogP contribution < -0.4 is 15.0 Å². The topological polar surface area (TPSA) is 58.6 Å². The lowest BCUT2D eigenvalue weighted by molar-refractivity contribution is -0.114. The molecule has 29 heavy (non-hydrogen) atoms. The molecule has 0 atom stereocenters. The molecule has 1 saturated carbocycles. The van der Waals surface area contributed by atoms with Gasteiger partial charge in [0.2, 0.25) is 0 Å².